The second-order valence-electron chi connectivity index (χ2n) is 13.3. The maximum absolute atomic E-state index is 15.4. The number of hydrogen-bond acceptors (Lipinski definition) is 10. The summed E-state index contributed by atoms with van der Waals surface area (Å²) in [6.07, 6.45) is 5.51. The standard InChI is InChI=1S/C35H42F4N8O4S.CH4N.W/c1-44-31-19-26(6-7-30(31)32(43-44)47(49)12-3-17-48)25-8-13-45(14-9-25)23-35(38,39)20-24-4-2-5-29(18-24)52(50)46-15-10-27(11-16-46)42-34-40-21-28(22-41-34)51-33(36)37;1-2;/h2,4-7,17-19,21-22,25,27,33,49H,3,8-16,20,23H2,1H3,(H,40,41,42);2H,1H3;/q;-1;. The van der Waals surface area contributed by atoms with E-state index in [9.17, 15) is 23.0 Å². The topological polar surface area (TPSA) is 153 Å². The fourth-order valence-corrected chi connectivity index (χ4v) is 8.19. The van der Waals surface area contributed by atoms with Gasteiger partial charge in [-0.05, 0) is 80.1 Å². The molecule has 1 atom stereocenters. The van der Waals surface area contributed by atoms with Crippen LogP contribution >= 0.6 is 0 Å². The minimum absolute atomic E-state index is 0. The Morgan fingerprint density at radius 2 is 1.76 bits per heavy atom. The van der Waals surface area contributed by atoms with Gasteiger partial charge in [0.2, 0.25) is 5.95 Å². The van der Waals surface area contributed by atoms with Crippen LogP contribution in [0.2, 0.25) is 0 Å². The van der Waals surface area contributed by atoms with Crippen molar-refractivity contribution in [3.63, 3.8) is 0 Å². The molecule has 0 amide bonds. The van der Waals surface area contributed by atoms with E-state index >= 15 is 8.78 Å². The molecule has 4 heterocycles. The SMILES string of the molecule is C[NH-].Cn1nc(N(O)CCC=O)c2ccc(C3CCN(CC(F)(F)Cc4cccc(S(=O)N5CCC(Nc6ncc(OC(F)F)cn6)CC5)c4)CC3)cc21.[W]. The smallest absolute Gasteiger partial charge is 0.387 e. The van der Waals surface area contributed by atoms with E-state index in [-0.39, 0.29) is 64.2 Å². The summed E-state index contributed by atoms with van der Waals surface area (Å²) < 4.78 is 76.8. The van der Waals surface area contributed by atoms with E-state index in [4.69, 9.17) is 5.73 Å². The molecule has 300 valence electrons. The Balaban J connectivity index is 0.00000221. The molecule has 2 aromatic carbocycles. The number of rotatable bonds is 15. The molecule has 2 aromatic heterocycles. The van der Waals surface area contributed by atoms with Crippen molar-refractivity contribution in [1.82, 2.24) is 29.0 Å². The molecular weight excluding hydrogens is 914 g/mol. The number of nitrogens with zero attached hydrogens (tertiary/aromatic N) is 7. The summed E-state index contributed by atoms with van der Waals surface area (Å²) in [5, 5.41) is 19.7. The van der Waals surface area contributed by atoms with Crippen molar-refractivity contribution in [3.05, 3.63) is 71.7 Å². The summed E-state index contributed by atoms with van der Waals surface area (Å²) >= 11 is 0. The first-order valence-electron chi connectivity index (χ1n) is 17.7. The van der Waals surface area contributed by atoms with Crippen LogP contribution in [0.15, 0.2) is 59.8 Å². The van der Waals surface area contributed by atoms with Gasteiger partial charge in [0.05, 0.1) is 35.9 Å². The van der Waals surface area contributed by atoms with Crippen LogP contribution < -0.4 is 15.1 Å². The third-order valence-corrected chi connectivity index (χ3v) is 11.0. The predicted molar refractivity (Wildman–Crippen MR) is 198 cm³/mol. The van der Waals surface area contributed by atoms with Crippen molar-refractivity contribution in [2.75, 3.05) is 56.7 Å². The molecule has 2 fully saturated rings. The van der Waals surface area contributed by atoms with Crippen LogP contribution in [0.1, 0.15) is 49.1 Å². The summed E-state index contributed by atoms with van der Waals surface area (Å²) in [6, 6.07) is 12.6. The largest absolute Gasteiger partial charge is 0.680 e. The average Bonchev–Trinajstić information content (AvgIpc) is 3.50. The average molecular weight is 961 g/mol. The zero-order valence-corrected chi connectivity index (χ0v) is 34.4. The Bertz CT molecular complexity index is 1840. The third-order valence-electron chi connectivity index (χ3n) is 9.51. The predicted octanol–water partition coefficient (Wildman–Crippen LogP) is 6.07. The molecule has 2 aliphatic heterocycles. The van der Waals surface area contributed by atoms with Gasteiger partial charge in [0.25, 0.3) is 5.92 Å². The summed E-state index contributed by atoms with van der Waals surface area (Å²) in [6.45, 7) is -1.12. The van der Waals surface area contributed by atoms with Crippen LogP contribution in [0.5, 0.6) is 5.75 Å². The van der Waals surface area contributed by atoms with Gasteiger partial charge in [0.15, 0.2) is 11.6 Å². The molecule has 55 heavy (non-hydrogen) atoms. The number of likely N-dealkylation sites (tertiary alicyclic amines) is 1. The fraction of sp³-hybridized carbons (Fsp3) is 0.500. The Morgan fingerprint density at radius 1 is 1.07 bits per heavy atom. The first-order chi connectivity index (χ1) is 26.0. The molecule has 0 bridgehead atoms. The van der Waals surface area contributed by atoms with Gasteiger partial charge in [-0.2, -0.15) is 20.9 Å². The van der Waals surface area contributed by atoms with Crippen molar-refractivity contribution < 1.29 is 57.6 Å². The van der Waals surface area contributed by atoms with E-state index in [2.05, 4.69) is 25.1 Å². The van der Waals surface area contributed by atoms with Crippen LogP contribution in [0.25, 0.3) is 16.6 Å². The molecule has 0 radical (unpaired) electrons. The molecular formula is C36H46F4N9O4SW-. The normalized spacial score (nSPS) is 16.6. The quantitative estimate of drug-likeness (QED) is 0.0816. The molecule has 4 aromatic rings. The number of alkyl halides is 4. The van der Waals surface area contributed by atoms with Crippen molar-refractivity contribution in [1.29, 1.82) is 0 Å². The van der Waals surface area contributed by atoms with Gasteiger partial charge in [-0.25, -0.2) is 32.3 Å². The zero-order valence-electron chi connectivity index (χ0n) is 30.6. The van der Waals surface area contributed by atoms with Crippen molar-refractivity contribution in [2.45, 2.75) is 67.9 Å². The molecule has 2 aliphatic rings. The van der Waals surface area contributed by atoms with Crippen LogP contribution in [-0.2, 0) is 50.3 Å². The van der Waals surface area contributed by atoms with Gasteiger partial charge in [0.1, 0.15) is 17.3 Å². The number of aryl methyl sites for hydroxylation is 1. The second-order valence-corrected chi connectivity index (χ2v) is 14.7. The molecule has 19 heteroatoms. The van der Waals surface area contributed by atoms with Crippen molar-refractivity contribution in [3.8, 4) is 5.75 Å². The van der Waals surface area contributed by atoms with Crippen LogP contribution in [0, 0.1) is 0 Å². The Kier molecular flexibility index (Phi) is 16.5. The summed E-state index contributed by atoms with van der Waals surface area (Å²) in [4.78, 5) is 21.0. The first kappa shape index (κ1) is 44.2. The van der Waals surface area contributed by atoms with Gasteiger partial charge >= 0.3 is 6.61 Å². The number of halogens is 4. The van der Waals surface area contributed by atoms with E-state index < -0.39 is 29.9 Å². The molecule has 13 nitrogen and oxygen atoms in total. The van der Waals surface area contributed by atoms with Gasteiger partial charge in [0, 0.05) is 65.5 Å². The van der Waals surface area contributed by atoms with Crippen LogP contribution in [0.4, 0.5) is 29.3 Å². The van der Waals surface area contributed by atoms with E-state index in [0.717, 1.165) is 40.7 Å². The molecule has 0 saturated carbocycles. The minimum atomic E-state index is -2.98. The van der Waals surface area contributed by atoms with Gasteiger partial charge < -0.3 is 20.6 Å². The Morgan fingerprint density at radius 3 is 2.42 bits per heavy atom. The van der Waals surface area contributed by atoms with E-state index in [1.807, 2.05) is 27.4 Å². The number of carbonyl (C=O) groups is 1. The first-order valence-corrected chi connectivity index (χ1v) is 18.8. The molecule has 3 N–H and O–H groups in total. The second kappa shape index (κ2) is 20.6. The number of hydrogen-bond donors (Lipinski definition) is 2. The van der Waals surface area contributed by atoms with E-state index in [1.54, 1.807) is 36.0 Å². The van der Waals surface area contributed by atoms with Crippen LogP contribution in [0.3, 0.4) is 0 Å². The van der Waals surface area contributed by atoms with Gasteiger partial charge in [-0.15, -0.1) is 0 Å². The number of anilines is 2. The Labute approximate surface area is 334 Å². The molecule has 2 saturated heterocycles. The summed E-state index contributed by atoms with van der Waals surface area (Å²) in [7, 11) is 1.52. The molecule has 0 aliphatic carbocycles. The third kappa shape index (κ3) is 12.0. The van der Waals surface area contributed by atoms with Gasteiger partial charge in [-0.1, -0.05) is 18.2 Å². The number of aldehydes is 1. The minimum Gasteiger partial charge on any atom is -0.680 e. The number of nitrogens with one attached hydrogen (secondary N) is 2. The maximum Gasteiger partial charge on any atom is 0.387 e. The van der Waals surface area contributed by atoms with E-state index in [0.29, 0.717) is 55.3 Å². The number of benzene rings is 2. The number of hydroxylamine groups is 1. The van der Waals surface area contributed by atoms with E-state index in [1.165, 1.54) is 19.4 Å². The zero-order chi connectivity index (χ0) is 38.8. The van der Waals surface area contributed by atoms with Crippen molar-refractivity contribution in [2.24, 2.45) is 7.05 Å². The monoisotopic (exact) mass is 960 g/mol. The number of carbonyl (C=O) groups excluding carboxylic acids is 1. The number of ether oxygens (including phenoxy) is 1. The van der Waals surface area contributed by atoms with Gasteiger partial charge in [-0.3, -0.25) is 14.8 Å². The number of fused-ring (bicyclic) bond motifs is 1. The number of aromatic nitrogens is 4. The molecule has 0 spiro atoms. The fourth-order valence-electron chi connectivity index (χ4n) is 6.90. The van der Waals surface area contributed by atoms with Crippen molar-refractivity contribution >= 4 is 39.9 Å². The van der Waals surface area contributed by atoms with Crippen LogP contribution in [-0.4, -0.2) is 110 Å². The summed E-state index contributed by atoms with van der Waals surface area (Å²) in [5.74, 6) is -2.24. The molecule has 1 unspecified atom stereocenters. The Hall–Kier alpha value is -3.54. The molecule has 6 rings (SSSR count). The maximum atomic E-state index is 15.4. The summed E-state index contributed by atoms with van der Waals surface area (Å²) in [5.41, 5.74) is 8.12. The number of piperidine rings is 2.